The first-order chi connectivity index (χ1) is 8.02. The first kappa shape index (κ1) is 12.0. The number of hydrogen-bond donors (Lipinski definition) is 2. The summed E-state index contributed by atoms with van der Waals surface area (Å²) < 4.78 is 19.7. The highest BCUT2D eigenvalue weighted by Crippen LogP contribution is 2.29. The summed E-state index contributed by atoms with van der Waals surface area (Å²) in [6.45, 7) is 1.11. The molecule has 1 aliphatic heterocycles. The Labute approximate surface area is 95.7 Å². The van der Waals surface area contributed by atoms with Crippen LogP contribution in [0.4, 0.5) is 4.39 Å². The molecule has 2 rings (SSSR count). The molecule has 1 saturated heterocycles. The fourth-order valence-electron chi connectivity index (χ4n) is 1.82. The van der Waals surface area contributed by atoms with Gasteiger partial charge in [0.05, 0.1) is 6.61 Å². The summed E-state index contributed by atoms with van der Waals surface area (Å²) in [5.74, 6) is 0. The van der Waals surface area contributed by atoms with E-state index in [1.54, 1.807) is 6.92 Å². The van der Waals surface area contributed by atoms with Crippen LogP contribution in [-0.2, 0) is 4.74 Å². The van der Waals surface area contributed by atoms with E-state index in [0.717, 1.165) is 4.57 Å². The van der Waals surface area contributed by atoms with Crippen LogP contribution in [0.3, 0.4) is 0 Å². The molecule has 0 spiro atoms. The molecule has 0 radical (unpaired) electrons. The number of aliphatic hydroxyl groups excluding tert-OH is 1. The first-order valence-electron chi connectivity index (χ1n) is 5.25. The van der Waals surface area contributed by atoms with E-state index < -0.39 is 36.4 Å². The molecule has 1 unspecified atom stereocenters. The van der Waals surface area contributed by atoms with Crippen molar-refractivity contribution in [1.82, 2.24) is 9.55 Å². The lowest BCUT2D eigenvalue weighted by Gasteiger charge is -2.14. The van der Waals surface area contributed by atoms with Crippen LogP contribution in [-0.4, -0.2) is 33.5 Å². The number of rotatable bonds is 2. The van der Waals surface area contributed by atoms with Gasteiger partial charge in [0.25, 0.3) is 5.56 Å². The lowest BCUT2D eigenvalue weighted by Crippen LogP contribution is -2.33. The van der Waals surface area contributed by atoms with E-state index in [1.165, 1.54) is 6.20 Å². The molecule has 0 aromatic carbocycles. The Kier molecular flexibility index (Phi) is 3.12. The molecule has 7 heteroatoms. The van der Waals surface area contributed by atoms with Crippen LogP contribution in [0, 0.1) is 6.92 Å². The van der Waals surface area contributed by atoms with E-state index >= 15 is 0 Å². The molecule has 94 valence electrons. The highest BCUT2D eigenvalue weighted by molar-refractivity contribution is 5.02. The zero-order valence-corrected chi connectivity index (χ0v) is 9.22. The molecular weight excluding hydrogens is 231 g/mol. The number of aromatic nitrogens is 2. The Balaban J connectivity index is 2.34. The van der Waals surface area contributed by atoms with Crippen molar-refractivity contribution in [2.24, 2.45) is 0 Å². The van der Waals surface area contributed by atoms with Crippen molar-refractivity contribution in [3.05, 3.63) is 32.6 Å². The SMILES string of the molecule is Cc1cn(C2C[C@H](F)[C@@H](CO)O2)c(=O)[nH]c1=O. The van der Waals surface area contributed by atoms with Gasteiger partial charge in [-0.25, -0.2) is 9.18 Å². The molecule has 17 heavy (non-hydrogen) atoms. The minimum atomic E-state index is -1.32. The average molecular weight is 244 g/mol. The molecule has 1 fully saturated rings. The predicted molar refractivity (Wildman–Crippen MR) is 56.6 cm³/mol. The van der Waals surface area contributed by atoms with Gasteiger partial charge in [-0.05, 0) is 6.92 Å². The van der Waals surface area contributed by atoms with E-state index in [2.05, 4.69) is 4.98 Å². The van der Waals surface area contributed by atoms with Gasteiger partial charge in [-0.2, -0.15) is 0 Å². The highest BCUT2D eigenvalue weighted by Gasteiger charge is 2.36. The molecule has 2 N–H and O–H groups in total. The largest absolute Gasteiger partial charge is 0.394 e. The Bertz CT molecular complexity index is 524. The third-order valence-corrected chi connectivity index (χ3v) is 2.80. The van der Waals surface area contributed by atoms with Crippen molar-refractivity contribution >= 4 is 0 Å². The molecule has 3 atom stereocenters. The Hall–Kier alpha value is -1.47. The average Bonchev–Trinajstić information content (AvgIpc) is 2.65. The van der Waals surface area contributed by atoms with Crippen LogP contribution in [0.25, 0.3) is 0 Å². The number of aryl methyl sites for hydroxylation is 1. The van der Waals surface area contributed by atoms with Crippen LogP contribution in [0.2, 0.25) is 0 Å². The smallest absolute Gasteiger partial charge is 0.330 e. The second-order valence-electron chi connectivity index (χ2n) is 4.04. The fourth-order valence-corrected chi connectivity index (χ4v) is 1.82. The van der Waals surface area contributed by atoms with Crippen molar-refractivity contribution in [2.75, 3.05) is 6.61 Å². The normalized spacial score (nSPS) is 28.5. The number of aromatic amines is 1. The molecule has 1 aromatic heterocycles. The monoisotopic (exact) mass is 244 g/mol. The lowest BCUT2D eigenvalue weighted by atomic mass is 10.2. The maximum Gasteiger partial charge on any atom is 0.330 e. The minimum Gasteiger partial charge on any atom is -0.394 e. The van der Waals surface area contributed by atoms with Crippen molar-refractivity contribution in [2.45, 2.75) is 31.8 Å². The van der Waals surface area contributed by atoms with E-state index in [1.807, 2.05) is 0 Å². The van der Waals surface area contributed by atoms with Gasteiger partial charge in [0.15, 0.2) is 0 Å². The first-order valence-corrected chi connectivity index (χ1v) is 5.25. The number of halogens is 1. The lowest BCUT2D eigenvalue weighted by molar-refractivity contribution is -0.0356. The number of nitrogens with zero attached hydrogens (tertiary/aromatic N) is 1. The molecule has 2 heterocycles. The summed E-state index contributed by atoms with van der Waals surface area (Å²) in [4.78, 5) is 24.8. The Morgan fingerprint density at radius 3 is 2.94 bits per heavy atom. The fraction of sp³-hybridized carbons (Fsp3) is 0.600. The number of nitrogens with one attached hydrogen (secondary N) is 1. The van der Waals surface area contributed by atoms with Gasteiger partial charge in [-0.1, -0.05) is 0 Å². The topological polar surface area (TPSA) is 84.3 Å². The maximum atomic E-state index is 13.4. The summed E-state index contributed by atoms with van der Waals surface area (Å²) in [5, 5.41) is 8.86. The van der Waals surface area contributed by atoms with E-state index in [-0.39, 0.29) is 6.42 Å². The zero-order chi connectivity index (χ0) is 12.6. The second kappa shape index (κ2) is 4.42. The third-order valence-electron chi connectivity index (χ3n) is 2.80. The van der Waals surface area contributed by atoms with Crippen LogP contribution < -0.4 is 11.2 Å². The predicted octanol–water partition coefficient (Wildman–Crippen LogP) is -0.537. The van der Waals surface area contributed by atoms with Crippen LogP contribution in [0.1, 0.15) is 18.2 Å². The Morgan fingerprint density at radius 2 is 2.35 bits per heavy atom. The van der Waals surface area contributed by atoms with Crippen LogP contribution in [0.15, 0.2) is 15.8 Å². The maximum absolute atomic E-state index is 13.4. The molecule has 1 aromatic rings. The quantitative estimate of drug-likeness (QED) is 0.732. The zero-order valence-electron chi connectivity index (χ0n) is 9.22. The summed E-state index contributed by atoms with van der Waals surface area (Å²) in [7, 11) is 0. The molecule has 0 aliphatic carbocycles. The molecular formula is C10H13FN2O4. The van der Waals surface area contributed by atoms with Gasteiger partial charge in [0.2, 0.25) is 0 Å². The second-order valence-corrected chi connectivity index (χ2v) is 4.04. The molecule has 0 bridgehead atoms. The molecule has 6 nitrogen and oxygen atoms in total. The standard InChI is InChI=1S/C10H13FN2O4/c1-5-3-13(10(16)12-9(5)15)8-2-6(11)7(4-14)17-8/h3,6-8,14H,2,4H2,1H3,(H,12,15,16)/t6-,7+,8?/m0/s1. The van der Waals surface area contributed by atoms with Gasteiger partial charge in [0, 0.05) is 18.2 Å². The highest BCUT2D eigenvalue weighted by atomic mass is 19.1. The minimum absolute atomic E-state index is 0.0172. The summed E-state index contributed by atoms with van der Waals surface area (Å²) in [6, 6.07) is 0. The van der Waals surface area contributed by atoms with Gasteiger partial charge < -0.3 is 9.84 Å². The number of alkyl halides is 1. The number of aliphatic hydroxyl groups is 1. The summed E-state index contributed by atoms with van der Waals surface area (Å²) in [5.41, 5.74) is -0.771. The van der Waals surface area contributed by atoms with E-state index in [9.17, 15) is 14.0 Å². The number of H-pyrrole nitrogens is 1. The molecule has 0 amide bonds. The summed E-state index contributed by atoms with van der Waals surface area (Å²) >= 11 is 0. The van der Waals surface area contributed by atoms with Gasteiger partial charge in [-0.15, -0.1) is 0 Å². The molecule has 0 saturated carbocycles. The van der Waals surface area contributed by atoms with E-state index in [4.69, 9.17) is 9.84 Å². The third kappa shape index (κ3) is 2.16. The van der Waals surface area contributed by atoms with Crippen molar-refractivity contribution < 1.29 is 14.2 Å². The van der Waals surface area contributed by atoms with Crippen molar-refractivity contribution in [1.29, 1.82) is 0 Å². The van der Waals surface area contributed by atoms with Gasteiger partial charge >= 0.3 is 5.69 Å². The van der Waals surface area contributed by atoms with E-state index in [0.29, 0.717) is 5.56 Å². The van der Waals surface area contributed by atoms with Crippen molar-refractivity contribution in [3.63, 3.8) is 0 Å². The van der Waals surface area contributed by atoms with Crippen molar-refractivity contribution in [3.8, 4) is 0 Å². The van der Waals surface area contributed by atoms with Gasteiger partial charge in [0.1, 0.15) is 18.5 Å². The molecule has 1 aliphatic rings. The summed E-state index contributed by atoms with van der Waals surface area (Å²) in [6.07, 6.45) is -1.71. The van der Waals surface area contributed by atoms with Crippen LogP contribution >= 0.6 is 0 Å². The Morgan fingerprint density at radius 1 is 1.65 bits per heavy atom. The number of ether oxygens (including phenoxy) is 1. The van der Waals surface area contributed by atoms with Gasteiger partial charge in [-0.3, -0.25) is 14.3 Å². The van der Waals surface area contributed by atoms with Crippen LogP contribution in [0.5, 0.6) is 0 Å². The number of hydrogen-bond acceptors (Lipinski definition) is 4.